The Morgan fingerprint density at radius 3 is 2.46 bits per heavy atom. The Hall–Kier alpha value is -3.76. The molecule has 2 heterocycles. The summed E-state index contributed by atoms with van der Waals surface area (Å²) in [4.78, 5) is 29.4. The summed E-state index contributed by atoms with van der Waals surface area (Å²) < 4.78 is 10.1. The molecule has 8 nitrogen and oxygen atoms in total. The van der Waals surface area contributed by atoms with Crippen LogP contribution >= 0.6 is 23.1 Å². The number of thiazole rings is 1. The summed E-state index contributed by atoms with van der Waals surface area (Å²) in [5.41, 5.74) is 3.53. The van der Waals surface area contributed by atoms with E-state index in [1.54, 1.807) is 31.4 Å². The van der Waals surface area contributed by atoms with Gasteiger partial charge in [0.2, 0.25) is 5.91 Å². The van der Waals surface area contributed by atoms with Crippen LogP contribution in [0.1, 0.15) is 16.1 Å². The van der Waals surface area contributed by atoms with Crippen LogP contribution in [0, 0.1) is 6.92 Å². The van der Waals surface area contributed by atoms with Crippen LogP contribution in [-0.2, 0) is 9.53 Å². The van der Waals surface area contributed by atoms with E-state index in [9.17, 15) is 9.59 Å². The Morgan fingerprint density at radius 1 is 1.00 bits per heavy atom. The summed E-state index contributed by atoms with van der Waals surface area (Å²) in [7, 11) is 2.96. The topological polar surface area (TPSA) is 103 Å². The Bertz CT molecular complexity index is 1340. The van der Waals surface area contributed by atoms with Crippen LogP contribution in [-0.4, -0.2) is 47.0 Å². The van der Waals surface area contributed by atoms with E-state index in [4.69, 9.17) is 9.72 Å². The predicted molar refractivity (Wildman–Crippen MR) is 137 cm³/mol. The number of thioether (sulfide) groups is 1. The number of benzene rings is 2. The molecule has 0 unspecified atom stereocenters. The number of amides is 1. The Labute approximate surface area is 210 Å². The van der Waals surface area contributed by atoms with Crippen LogP contribution in [0.15, 0.2) is 65.7 Å². The van der Waals surface area contributed by atoms with Crippen molar-refractivity contribution >= 4 is 40.7 Å². The van der Waals surface area contributed by atoms with Crippen LogP contribution in [0.2, 0.25) is 0 Å². The zero-order valence-corrected chi connectivity index (χ0v) is 20.9. The molecule has 35 heavy (non-hydrogen) atoms. The van der Waals surface area contributed by atoms with Gasteiger partial charge >= 0.3 is 5.97 Å². The van der Waals surface area contributed by atoms with E-state index in [-0.39, 0.29) is 11.7 Å². The van der Waals surface area contributed by atoms with Crippen molar-refractivity contribution in [1.29, 1.82) is 0 Å². The number of nitrogens with zero attached hydrogens (tertiary/aromatic N) is 3. The van der Waals surface area contributed by atoms with E-state index in [1.165, 1.54) is 30.2 Å². The molecule has 0 saturated carbocycles. The number of aromatic nitrogens is 3. The van der Waals surface area contributed by atoms with Gasteiger partial charge in [-0.1, -0.05) is 23.9 Å². The number of hydrogen-bond acceptors (Lipinski definition) is 9. The molecular weight excluding hydrogens is 484 g/mol. The minimum atomic E-state index is -0.426. The highest BCUT2D eigenvalue weighted by Gasteiger charge is 2.16. The molecule has 2 aromatic heterocycles. The molecule has 0 bridgehead atoms. The second-order valence-electron chi connectivity index (χ2n) is 7.30. The van der Waals surface area contributed by atoms with E-state index in [0.717, 1.165) is 32.6 Å². The van der Waals surface area contributed by atoms with Crippen LogP contribution in [0.5, 0.6) is 5.75 Å². The number of carbonyl (C=O) groups excluding carboxylic acids is 2. The number of methoxy groups -OCH3 is 2. The maximum absolute atomic E-state index is 12.3. The number of rotatable bonds is 8. The average molecular weight is 507 g/mol. The van der Waals surface area contributed by atoms with E-state index >= 15 is 0 Å². The summed E-state index contributed by atoms with van der Waals surface area (Å²) in [5.74, 6) is 0.323. The zero-order chi connectivity index (χ0) is 24.8. The maximum Gasteiger partial charge on any atom is 0.337 e. The third-order valence-corrected chi connectivity index (χ3v) is 7.08. The molecule has 1 amide bonds. The molecule has 4 rings (SSSR count). The second-order valence-corrected chi connectivity index (χ2v) is 9.29. The molecule has 178 valence electrons. The zero-order valence-electron chi connectivity index (χ0n) is 19.3. The molecule has 0 radical (unpaired) electrons. The lowest BCUT2D eigenvalue weighted by Crippen LogP contribution is -2.14. The molecule has 1 N–H and O–H groups in total. The van der Waals surface area contributed by atoms with Gasteiger partial charge in [0.05, 0.1) is 41.7 Å². The molecule has 2 aromatic carbocycles. The van der Waals surface area contributed by atoms with Gasteiger partial charge in [-0.2, -0.15) is 0 Å². The first-order valence-corrected chi connectivity index (χ1v) is 12.3. The number of ether oxygens (including phenoxy) is 2. The van der Waals surface area contributed by atoms with Gasteiger partial charge in [-0.3, -0.25) is 4.79 Å². The molecule has 0 aliphatic heterocycles. The number of anilines is 1. The van der Waals surface area contributed by atoms with Crippen LogP contribution in [0.4, 0.5) is 5.69 Å². The van der Waals surface area contributed by atoms with Gasteiger partial charge in [0, 0.05) is 5.69 Å². The van der Waals surface area contributed by atoms with Crippen LogP contribution < -0.4 is 10.1 Å². The highest BCUT2D eigenvalue weighted by atomic mass is 32.2. The third-order valence-electron chi connectivity index (χ3n) is 4.95. The second kappa shape index (κ2) is 11.1. The molecule has 0 aliphatic rings. The van der Waals surface area contributed by atoms with Gasteiger partial charge in [0.15, 0.2) is 0 Å². The fourth-order valence-electron chi connectivity index (χ4n) is 3.23. The molecule has 0 fully saturated rings. The lowest BCUT2D eigenvalue weighted by Gasteiger charge is -2.06. The minimum Gasteiger partial charge on any atom is -0.496 e. The molecule has 10 heteroatoms. The monoisotopic (exact) mass is 506 g/mol. The predicted octanol–water partition coefficient (Wildman–Crippen LogP) is 5.10. The fourth-order valence-corrected chi connectivity index (χ4v) is 4.91. The van der Waals surface area contributed by atoms with Gasteiger partial charge in [-0.25, -0.2) is 9.78 Å². The van der Waals surface area contributed by atoms with Crippen LogP contribution in [0.25, 0.3) is 21.1 Å². The number of esters is 1. The van der Waals surface area contributed by atoms with E-state index < -0.39 is 5.97 Å². The summed E-state index contributed by atoms with van der Waals surface area (Å²) in [6, 6.07) is 18.0. The number of carbonyl (C=O) groups is 2. The Morgan fingerprint density at radius 2 is 1.77 bits per heavy atom. The molecular formula is C25H22N4O4S2. The van der Waals surface area contributed by atoms with Crippen molar-refractivity contribution in [3.8, 4) is 26.9 Å². The average Bonchev–Trinajstić information content (AvgIpc) is 3.29. The smallest absolute Gasteiger partial charge is 0.337 e. The summed E-state index contributed by atoms with van der Waals surface area (Å²) >= 11 is 2.82. The molecule has 0 aliphatic carbocycles. The number of nitrogens with one attached hydrogen (secondary N) is 1. The lowest BCUT2D eigenvalue weighted by molar-refractivity contribution is -0.113. The third kappa shape index (κ3) is 5.84. The summed E-state index contributed by atoms with van der Waals surface area (Å²) in [6.45, 7) is 1.94. The highest BCUT2D eigenvalue weighted by molar-refractivity contribution is 7.99. The Balaban J connectivity index is 1.38. The van der Waals surface area contributed by atoms with Crippen molar-refractivity contribution in [3.63, 3.8) is 0 Å². The Kier molecular flexibility index (Phi) is 7.74. The first kappa shape index (κ1) is 24.4. The summed E-state index contributed by atoms with van der Waals surface area (Å²) in [6.07, 6.45) is 0. The minimum absolute atomic E-state index is 0.171. The highest BCUT2D eigenvalue weighted by Crippen LogP contribution is 2.38. The van der Waals surface area contributed by atoms with Crippen molar-refractivity contribution < 1.29 is 19.1 Å². The standard InChI is InChI=1S/C25H22N4O4S2/c1-15-23(35-24(26-15)18-6-4-5-7-20(18)32-2)19-12-13-22(29-28-19)34-14-21(30)27-17-10-8-16(9-11-17)25(31)33-3/h4-13H,14H2,1-3H3,(H,27,30). The van der Waals surface area contributed by atoms with Crippen molar-refractivity contribution in [3.05, 3.63) is 71.9 Å². The van der Waals surface area contributed by atoms with Crippen molar-refractivity contribution in [2.75, 3.05) is 25.3 Å². The van der Waals surface area contributed by atoms with E-state index in [2.05, 4.69) is 20.3 Å². The lowest BCUT2D eigenvalue weighted by atomic mass is 10.2. The molecule has 0 saturated heterocycles. The molecule has 4 aromatic rings. The quantitative estimate of drug-likeness (QED) is 0.260. The van der Waals surface area contributed by atoms with Gasteiger partial charge < -0.3 is 14.8 Å². The van der Waals surface area contributed by atoms with Gasteiger partial charge in [-0.15, -0.1) is 21.5 Å². The van der Waals surface area contributed by atoms with Crippen molar-refractivity contribution in [2.24, 2.45) is 0 Å². The molecule has 0 atom stereocenters. The fraction of sp³-hybridized carbons (Fsp3) is 0.160. The van der Waals surface area contributed by atoms with E-state index in [1.807, 2.05) is 43.3 Å². The maximum atomic E-state index is 12.3. The van der Waals surface area contributed by atoms with Crippen molar-refractivity contribution in [2.45, 2.75) is 11.9 Å². The SMILES string of the molecule is COC(=O)c1ccc(NC(=O)CSc2ccc(-c3sc(-c4ccccc4OC)nc3C)nn2)cc1. The number of hydrogen-bond donors (Lipinski definition) is 1. The van der Waals surface area contributed by atoms with E-state index in [0.29, 0.717) is 16.3 Å². The summed E-state index contributed by atoms with van der Waals surface area (Å²) in [5, 5.41) is 12.9. The largest absolute Gasteiger partial charge is 0.496 e. The normalized spacial score (nSPS) is 10.6. The number of aryl methyl sites for hydroxylation is 1. The number of para-hydroxylation sites is 1. The first-order valence-electron chi connectivity index (χ1n) is 10.5. The first-order chi connectivity index (χ1) is 17.0. The van der Waals surface area contributed by atoms with Gasteiger partial charge in [0.1, 0.15) is 21.5 Å². The van der Waals surface area contributed by atoms with Gasteiger partial charge in [0.25, 0.3) is 0 Å². The van der Waals surface area contributed by atoms with Crippen molar-refractivity contribution in [1.82, 2.24) is 15.2 Å². The van der Waals surface area contributed by atoms with Crippen LogP contribution in [0.3, 0.4) is 0 Å². The molecule has 0 spiro atoms. The van der Waals surface area contributed by atoms with Gasteiger partial charge in [-0.05, 0) is 55.5 Å².